The monoisotopic (exact) mass is 220 g/mol. The zero-order valence-electron chi connectivity index (χ0n) is 9.70. The summed E-state index contributed by atoms with van der Waals surface area (Å²) in [6, 6.07) is 6.57. The SMILES string of the molecule is CC1(C)CC(c2cccc(F)c2)=CC(O)C1. The number of halogens is 1. The molecule has 2 heteroatoms. The molecule has 0 heterocycles. The van der Waals surface area contributed by atoms with Gasteiger partial charge in [0.05, 0.1) is 6.10 Å². The van der Waals surface area contributed by atoms with Crippen LogP contribution in [0.15, 0.2) is 30.3 Å². The van der Waals surface area contributed by atoms with Gasteiger partial charge in [-0.1, -0.05) is 32.1 Å². The van der Waals surface area contributed by atoms with Crippen LogP contribution in [0.25, 0.3) is 5.57 Å². The van der Waals surface area contributed by atoms with Gasteiger partial charge < -0.3 is 5.11 Å². The third-order valence-corrected chi connectivity index (χ3v) is 3.02. The Balaban J connectivity index is 2.34. The Hall–Kier alpha value is -1.15. The van der Waals surface area contributed by atoms with E-state index in [1.54, 1.807) is 6.07 Å². The summed E-state index contributed by atoms with van der Waals surface area (Å²) >= 11 is 0. The molecule has 0 spiro atoms. The molecule has 86 valence electrons. The molecule has 2 rings (SSSR count). The van der Waals surface area contributed by atoms with Gasteiger partial charge >= 0.3 is 0 Å². The van der Waals surface area contributed by atoms with Crippen LogP contribution in [0.1, 0.15) is 32.3 Å². The maximum atomic E-state index is 13.1. The highest BCUT2D eigenvalue weighted by atomic mass is 19.1. The van der Waals surface area contributed by atoms with Crippen molar-refractivity contribution >= 4 is 5.57 Å². The van der Waals surface area contributed by atoms with E-state index in [2.05, 4.69) is 13.8 Å². The highest BCUT2D eigenvalue weighted by molar-refractivity contribution is 5.67. The summed E-state index contributed by atoms with van der Waals surface area (Å²) < 4.78 is 13.1. The average molecular weight is 220 g/mol. The Morgan fingerprint density at radius 2 is 2.12 bits per heavy atom. The zero-order chi connectivity index (χ0) is 11.8. The lowest BCUT2D eigenvalue weighted by molar-refractivity contribution is 0.146. The highest BCUT2D eigenvalue weighted by Crippen LogP contribution is 2.39. The molecular weight excluding hydrogens is 203 g/mol. The summed E-state index contributed by atoms with van der Waals surface area (Å²) in [7, 11) is 0. The largest absolute Gasteiger partial charge is 0.389 e. The second kappa shape index (κ2) is 4.02. The number of hydrogen-bond acceptors (Lipinski definition) is 1. The molecular formula is C14H17FO. The van der Waals surface area contributed by atoms with E-state index in [0.717, 1.165) is 24.0 Å². The zero-order valence-corrected chi connectivity index (χ0v) is 9.70. The number of rotatable bonds is 1. The number of aliphatic hydroxyl groups excluding tert-OH is 1. The Morgan fingerprint density at radius 1 is 1.38 bits per heavy atom. The number of allylic oxidation sites excluding steroid dienone is 1. The molecule has 0 saturated carbocycles. The van der Waals surface area contributed by atoms with Gasteiger partial charge in [0, 0.05) is 0 Å². The lowest BCUT2D eigenvalue weighted by Gasteiger charge is -2.32. The van der Waals surface area contributed by atoms with E-state index in [0.29, 0.717) is 0 Å². The minimum atomic E-state index is -0.415. The van der Waals surface area contributed by atoms with E-state index in [9.17, 15) is 9.50 Å². The second-order valence-electron chi connectivity index (χ2n) is 5.31. The van der Waals surface area contributed by atoms with Crippen molar-refractivity contribution in [2.75, 3.05) is 0 Å². The molecule has 0 aromatic heterocycles. The fraction of sp³-hybridized carbons (Fsp3) is 0.429. The van der Waals surface area contributed by atoms with Crippen LogP contribution in [-0.2, 0) is 0 Å². The molecule has 16 heavy (non-hydrogen) atoms. The molecule has 1 aliphatic carbocycles. The fourth-order valence-electron chi connectivity index (χ4n) is 2.39. The van der Waals surface area contributed by atoms with Crippen LogP contribution in [0.4, 0.5) is 4.39 Å². The summed E-state index contributed by atoms with van der Waals surface area (Å²) in [5, 5.41) is 9.78. The summed E-state index contributed by atoms with van der Waals surface area (Å²) in [5.41, 5.74) is 2.01. The van der Waals surface area contributed by atoms with Gasteiger partial charge in [0.1, 0.15) is 5.82 Å². The van der Waals surface area contributed by atoms with E-state index in [1.165, 1.54) is 12.1 Å². The van der Waals surface area contributed by atoms with Gasteiger partial charge in [-0.2, -0.15) is 0 Å². The maximum Gasteiger partial charge on any atom is 0.123 e. The molecule has 0 radical (unpaired) electrons. The summed E-state index contributed by atoms with van der Waals surface area (Å²) in [6.45, 7) is 4.25. The van der Waals surface area contributed by atoms with E-state index in [4.69, 9.17) is 0 Å². The minimum Gasteiger partial charge on any atom is -0.389 e. The van der Waals surface area contributed by atoms with Gasteiger partial charge in [-0.3, -0.25) is 0 Å². The highest BCUT2D eigenvalue weighted by Gasteiger charge is 2.28. The number of hydrogen-bond donors (Lipinski definition) is 1. The molecule has 0 saturated heterocycles. The van der Waals surface area contributed by atoms with Crippen molar-refractivity contribution in [1.29, 1.82) is 0 Å². The normalized spacial score (nSPS) is 24.0. The van der Waals surface area contributed by atoms with Crippen molar-refractivity contribution in [3.05, 3.63) is 41.7 Å². The van der Waals surface area contributed by atoms with Crippen LogP contribution >= 0.6 is 0 Å². The molecule has 0 fully saturated rings. The third-order valence-electron chi connectivity index (χ3n) is 3.02. The first-order valence-electron chi connectivity index (χ1n) is 5.61. The maximum absolute atomic E-state index is 13.1. The summed E-state index contributed by atoms with van der Waals surface area (Å²) in [5.74, 6) is -0.226. The molecule has 1 atom stereocenters. The van der Waals surface area contributed by atoms with Crippen LogP contribution in [0, 0.1) is 11.2 Å². The Morgan fingerprint density at radius 3 is 2.75 bits per heavy atom. The quantitative estimate of drug-likeness (QED) is 0.769. The number of aliphatic hydroxyl groups is 1. The van der Waals surface area contributed by atoms with Crippen molar-refractivity contribution in [1.82, 2.24) is 0 Å². The second-order valence-corrected chi connectivity index (χ2v) is 5.31. The minimum absolute atomic E-state index is 0.0792. The predicted molar refractivity (Wildman–Crippen MR) is 63.4 cm³/mol. The molecule has 1 unspecified atom stereocenters. The van der Waals surface area contributed by atoms with Gasteiger partial charge in [-0.15, -0.1) is 0 Å². The van der Waals surface area contributed by atoms with Gasteiger partial charge in [-0.05, 0) is 41.5 Å². The average Bonchev–Trinajstić information content (AvgIpc) is 2.14. The van der Waals surface area contributed by atoms with Gasteiger partial charge in [0.15, 0.2) is 0 Å². The smallest absolute Gasteiger partial charge is 0.123 e. The van der Waals surface area contributed by atoms with Crippen molar-refractivity contribution in [2.24, 2.45) is 5.41 Å². The lowest BCUT2D eigenvalue weighted by Crippen LogP contribution is -2.24. The van der Waals surface area contributed by atoms with E-state index in [-0.39, 0.29) is 11.2 Å². The molecule has 0 amide bonds. The Bertz CT molecular complexity index is 420. The fourth-order valence-corrected chi connectivity index (χ4v) is 2.39. The molecule has 0 aliphatic heterocycles. The van der Waals surface area contributed by atoms with Crippen LogP contribution in [-0.4, -0.2) is 11.2 Å². The van der Waals surface area contributed by atoms with Gasteiger partial charge in [0.25, 0.3) is 0 Å². The van der Waals surface area contributed by atoms with E-state index >= 15 is 0 Å². The molecule has 1 nitrogen and oxygen atoms in total. The first kappa shape index (κ1) is 11.3. The van der Waals surface area contributed by atoms with Crippen LogP contribution in [0.3, 0.4) is 0 Å². The van der Waals surface area contributed by atoms with Crippen molar-refractivity contribution in [2.45, 2.75) is 32.8 Å². The molecule has 1 aromatic rings. The van der Waals surface area contributed by atoms with Crippen LogP contribution in [0.5, 0.6) is 0 Å². The first-order chi connectivity index (χ1) is 7.46. The van der Waals surface area contributed by atoms with Crippen LogP contribution < -0.4 is 0 Å². The molecule has 1 aliphatic rings. The Kier molecular flexibility index (Phi) is 2.85. The van der Waals surface area contributed by atoms with Crippen molar-refractivity contribution in [3.8, 4) is 0 Å². The molecule has 1 aromatic carbocycles. The number of benzene rings is 1. The predicted octanol–water partition coefficient (Wildman–Crippen LogP) is 3.39. The lowest BCUT2D eigenvalue weighted by atomic mass is 9.74. The standard InChI is InChI=1S/C14H17FO/c1-14(2)8-11(7-13(16)9-14)10-4-3-5-12(15)6-10/h3-7,13,16H,8-9H2,1-2H3. The summed E-state index contributed by atoms with van der Waals surface area (Å²) in [4.78, 5) is 0. The van der Waals surface area contributed by atoms with Gasteiger partial charge in [0.2, 0.25) is 0 Å². The Labute approximate surface area is 95.6 Å². The van der Waals surface area contributed by atoms with Crippen LogP contribution in [0.2, 0.25) is 0 Å². The third kappa shape index (κ3) is 2.50. The van der Waals surface area contributed by atoms with E-state index in [1.807, 2.05) is 12.1 Å². The first-order valence-corrected chi connectivity index (χ1v) is 5.61. The van der Waals surface area contributed by atoms with Crippen molar-refractivity contribution < 1.29 is 9.50 Å². The summed E-state index contributed by atoms with van der Waals surface area (Å²) in [6.07, 6.45) is 3.08. The van der Waals surface area contributed by atoms with E-state index < -0.39 is 6.10 Å². The van der Waals surface area contributed by atoms with Gasteiger partial charge in [-0.25, -0.2) is 4.39 Å². The molecule has 0 bridgehead atoms. The molecule has 1 N–H and O–H groups in total. The van der Waals surface area contributed by atoms with Crippen molar-refractivity contribution in [3.63, 3.8) is 0 Å². The topological polar surface area (TPSA) is 20.2 Å².